The molecule has 4 rings (SSSR count). The van der Waals surface area contributed by atoms with Gasteiger partial charge in [-0.2, -0.15) is 5.10 Å². The van der Waals surface area contributed by atoms with Gasteiger partial charge >= 0.3 is 0 Å². The maximum absolute atomic E-state index is 12.6. The predicted octanol–water partition coefficient (Wildman–Crippen LogP) is 2.86. The van der Waals surface area contributed by atoms with E-state index in [0.717, 1.165) is 45.6 Å². The molecule has 3 aromatic rings. The van der Waals surface area contributed by atoms with E-state index in [2.05, 4.69) is 16.1 Å². The minimum absolute atomic E-state index is 0.119. The van der Waals surface area contributed by atoms with Crippen molar-refractivity contribution in [3.8, 4) is 5.75 Å². The third-order valence-electron chi connectivity index (χ3n) is 4.96. The second-order valence-electron chi connectivity index (χ2n) is 6.98. The Kier molecular flexibility index (Phi) is 5.21. The molecule has 0 N–H and O–H groups in total. The van der Waals surface area contributed by atoms with Gasteiger partial charge in [-0.05, 0) is 39.0 Å². The molecule has 3 heterocycles. The van der Waals surface area contributed by atoms with Crippen LogP contribution in [0, 0.1) is 13.8 Å². The molecule has 0 saturated carbocycles. The van der Waals surface area contributed by atoms with Crippen LogP contribution in [0.2, 0.25) is 0 Å². The highest BCUT2D eigenvalue weighted by Gasteiger charge is 2.24. The lowest BCUT2D eigenvalue weighted by Gasteiger charge is -2.34. The summed E-state index contributed by atoms with van der Waals surface area (Å²) in [5.41, 5.74) is 2.88. The van der Waals surface area contributed by atoms with Gasteiger partial charge in [-0.15, -0.1) is 0 Å². The van der Waals surface area contributed by atoms with Gasteiger partial charge in [0.2, 0.25) is 5.91 Å². The maximum Gasteiger partial charge on any atom is 0.244 e. The zero-order valence-electron chi connectivity index (χ0n) is 16.5. The summed E-state index contributed by atoms with van der Waals surface area (Å²) in [5.74, 6) is 0.954. The number of anilines is 1. The van der Waals surface area contributed by atoms with E-state index in [4.69, 9.17) is 9.72 Å². The monoisotopic (exact) mass is 399 g/mol. The van der Waals surface area contributed by atoms with Crippen LogP contribution in [0.5, 0.6) is 5.75 Å². The van der Waals surface area contributed by atoms with Gasteiger partial charge in [0.25, 0.3) is 0 Å². The molecule has 1 saturated heterocycles. The number of para-hydroxylation sites is 1. The largest absolute Gasteiger partial charge is 0.492 e. The Morgan fingerprint density at radius 3 is 2.68 bits per heavy atom. The quantitative estimate of drug-likeness (QED) is 0.660. The maximum atomic E-state index is 12.6. The number of aryl methyl sites for hydroxylation is 2. The van der Waals surface area contributed by atoms with Crippen molar-refractivity contribution in [2.45, 2.75) is 27.3 Å². The van der Waals surface area contributed by atoms with Gasteiger partial charge in [0.15, 0.2) is 5.13 Å². The lowest BCUT2D eigenvalue weighted by atomic mass is 10.3. The summed E-state index contributed by atoms with van der Waals surface area (Å²) in [5, 5.41) is 5.39. The predicted molar refractivity (Wildman–Crippen MR) is 111 cm³/mol. The van der Waals surface area contributed by atoms with Crippen molar-refractivity contribution in [3.63, 3.8) is 0 Å². The molecule has 0 atom stereocenters. The summed E-state index contributed by atoms with van der Waals surface area (Å²) >= 11 is 1.68. The number of hydrogen-bond acceptors (Lipinski definition) is 6. The summed E-state index contributed by atoms with van der Waals surface area (Å²) in [6, 6.07) is 8.04. The lowest BCUT2D eigenvalue weighted by Crippen LogP contribution is -2.49. The Hall–Kier alpha value is -2.61. The molecule has 1 aliphatic rings. The number of carbonyl (C=O) groups is 1. The van der Waals surface area contributed by atoms with Gasteiger partial charge in [-0.25, -0.2) is 4.98 Å². The van der Waals surface area contributed by atoms with Crippen LogP contribution in [0.25, 0.3) is 10.2 Å². The summed E-state index contributed by atoms with van der Waals surface area (Å²) in [6.45, 7) is 9.81. The van der Waals surface area contributed by atoms with Crippen LogP contribution in [-0.4, -0.2) is 58.4 Å². The number of rotatable bonds is 5. The van der Waals surface area contributed by atoms with Crippen LogP contribution in [-0.2, 0) is 11.3 Å². The summed E-state index contributed by atoms with van der Waals surface area (Å²) in [7, 11) is 0. The number of amides is 1. The molecule has 0 radical (unpaired) electrons. The second-order valence-corrected chi connectivity index (χ2v) is 7.99. The fourth-order valence-electron chi connectivity index (χ4n) is 3.53. The Balaban J connectivity index is 1.41. The molecule has 28 heavy (non-hydrogen) atoms. The highest BCUT2D eigenvalue weighted by molar-refractivity contribution is 7.22. The molecule has 1 aliphatic heterocycles. The number of nitrogens with zero attached hydrogens (tertiary/aromatic N) is 5. The van der Waals surface area contributed by atoms with Gasteiger partial charge in [0.05, 0.1) is 17.0 Å². The van der Waals surface area contributed by atoms with Gasteiger partial charge in [-0.1, -0.05) is 17.4 Å². The van der Waals surface area contributed by atoms with E-state index in [1.165, 1.54) is 0 Å². The average Bonchev–Trinajstić information content (AvgIpc) is 3.25. The molecule has 148 valence electrons. The molecule has 0 bridgehead atoms. The van der Waals surface area contributed by atoms with Crippen LogP contribution in [0.3, 0.4) is 0 Å². The van der Waals surface area contributed by atoms with Crippen molar-refractivity contribution in [1.29, 1.82) is 0 Å². The van der Waals surface area contributed by atoms with E-state index < -0.39 is 0 Å². The van der Waals surface area contributed by atoms with Crippen molar-refractivity contribution in [2.75, 3.05) is 37.7 Å². The van der Waals surface area contributed by atoms with Crippen molar-refractivity contribution in [3.05, 3.63) is 35.7 Å². The number of piperazine rings is 1. The van der Waals surface area contributed by atoms with E-state index in [1.807, 2.05) is 43.9 Å². The minimum atomic E-state index is 0.119. The Labute approximate surface area is 168 Å². The molecule has 0 unspecified atom stereocenters. The molecular weight excluding hydrogens is 374 g/mol. The molecule has 0 spiro atoms. The van der Waals surface area contributed by atoms with Crippen LogP contribution in [0.15, 0.2) is 24.3 Å². The topological polar surface area (TPSA) is 63.5 Å². The normalized spacial score (nSPS) is 14.7. The number of fused-ring (bicyclic) bond motifs is 1. The van der Waals surface area contributed by atoms with Gasteiger partial charge in [-0.3, -0.25) is 9.48 Å². The fourth-order valence-corrected chi connectivity index (χ4v) is 4.56. The number of benzene rings is 1. The zero-order valence-corrected chi connectivity index (χ0v) is 17.3. The molecule has 1 amide bonds. The summed E-state index contributed by atoms with van der Waals surface area (Å²) < 4.78 is 8.61. The van der Waals surface area contributed by atoms with Crippen molar-refractivity contribution in [1.82, 2.24) is 19.7 Å². The third kappa shape index (κ3) is 3.69. The van der Waals surface area contributed by atoms with Crippen LogP contribution < -0.4 is 9.64 Å². The second kappa shape index (κ2) is 7.79. The van der Waals surface area contributed by atoms with E-state index in [1.54, 1.807) is 16.0 Å². The first-order chi connectivity index (χ1) is 13.5. The molecule has 7 nitrogen and oxygen atoms in total. The highest BCUT2D eigenvalue weighted by Crippen LogP contribution is 2.34. The number of carbonyl (C=O) groups excluding carboxylic acids is 1. The SMILES string of the molecule is CCOc1cccc2sc(N3CCN(C(=O)Cn4nc(C)cc4C)CC3)nc12. The summed E-state index contributed by atoms with van der Waals surface area (Å²) in [4.78, 5) is 21.6. The third-order valence-corrected chi connectivity index (χ3v) is 6.04. The zero-order chi connectivity index (χ0) is 19.7. The number of ether oxygens (including phenoxy) is 1. The number of hydrogen-bond donors (Lipinski definition) is 0. The van der Waals surface area contributed by atoms with Gasteiger partial charge < -0.3 is 14.5 Å². The van der Waals surface area contributed by atoms with Crippen LogP contribution >= 0.6 is 11.3 Å². The smallest absolute Gasteiger partial charge is 0.244 e. The summed E-state index contributed by atoms with van der Waals surface area (Å²) in [6.07, 6.45) is 0. The Morgan fingerprint density at radius 1 is 1.21 bits per heavy atom. The Bertz CT molecular complexity index is 988. The molecule has 0 aliphatic carbocycles. The first-order valence-electron chi connectivity index (χ1n) is 9.61. The molecule has 8 heteroatoms. The first kappa shape index (κ1) is 18.7. The van der Waals surface area contributed by atoms with E-state index >= 15 is 0 Å². The van der Waals surface area contributed by atoms with E-state index in [9.17, 15) is 4.79 Å². The number of thiazole rings is 1. The van der Waals surface area contributed by atoms with E-state index in [-0.39, 0.29) is 5.91 Å². The van der Waals surface area contributed by atoms with Gasteiger partial charge in [0, 0.05) is 31.9 Å². The van der Waals surface area contributed by atoms with Gasteiger partial charge in [0.1, 0.15) is 17.8 Å². The van der Waals surface area contributed by atoms with Crippen molar-refractivity contribution in [2.24, 2.45) is 0 Å². The van der Waals surface area contributed by atoms with Crippen molar-refractivity contribution < 1.29 is 9.53 Å². The highest BCUT2D eigenvalue weighted by atomic mass is 32.1. The van der Waals surface area contributed by atoms with Crippen LogP contribution in [0.1, 0.15) is 18.3 Å². The standard InChI is InChI=1S/C20H25N5O2S/c1-4-27-16-6-5-7-17-19(16)21-20(28-17)24-10-8-23(9-11-24)18(26)13-25-15(3)12-14(2)22-25/h5-7,12H,4,8-11,13H2,1-3H3. The minimum Gasteiger partial charge on any atom is -0.492 e. The first-order valence-corrected chi connectivity index (χ1v) is 10.4. The Morgan fingerprint density at radius 2 is 2.00 bits per heavy atom. The average molecular weight is 400 g/mol. The van der Waals surface area contributed by atoms with E-state index in [0.29, 0.717) is 26.2 Å². The molecular formula is C20H25N5O2S. The number of aromatic nitrogens is 3. The molecule has 1 aromatic carbocycles. The fraction of sp³-hybridized carbons (Fsp3) is 0.450. The molecule has 2 aromatic heterocycles. The lowest BCUT2D eigenvalue weighted by molar-refractivity contribution is -0.132. The van der Waals surface area contributed by atoms with Crippen LogP contribution in [0.4, 0.5) is 5.13 Å². The molecule has 1 fully saturated rings. The van der Waals surface area contributed by atoms with Crippen molar-refractivity contribution >= 4 is 32.6 Å².